The number of benzene rings is 1. The maximum absolute atomic E-state index is 12.1. The van der Waals surface area contributed by atoms with E-state index in [9.17, 15) is 9.90 Å². The van der Waals surface area contributed by atoms with Crippen LogP contribution in [0.5, 0.6) is 0 Å². The maximum atomic E-state index is 12.1. The first-order chi connectivity index (χ1) is 8.93. The number of aliphatic hydroxyl groups excluding tert-OH is 1. The fourth-order valence-corrected chi connectivity index (χ4v) is 1.83. The largest absolute Gasteiger partial charge is 0.388 e. The highest BCUT2D eigenvalue weighted by molar-refractivity contribution is 5.85. The summed E-state index contributed by atoms with van der Waals surface area (Å²) in [5.41, 5.74) is 1.62. The number of Topliss-reactive ketones (excluding diaryl/α,β-unsaturated/α-hetero) is 1. The molecule has 0 unspecified atom stereocenters. The Morgan fingerprint density at radius 2 is 1.89 bits per heavy atom. The van der Waals surface area contributed by atoms with Gasteiger partial charge in [0, 0.05) is 5.92 Å². The highest BCUT2D eigenvalue weighted by Crippen LogP contribution is 2.15. The van der Waals surface area contributed by atoms with Crippen LogP contribution in [-0.2, 0) is 16.1 Å². The van der Waals surface area contributed by atoms with Crippen molar-refractivity contribution in [3.63, 3.8) is 0 Å². The molecule has 0 saturated heterocycles. The van der Waals surface area contributed by atoms with Crippen LogP contribution in [-0.4, -0.2) is 23.1 Å². The lowest BCUT2D eigenvalue weighted by molar-refractivity contribution is -0.136. The molecule has 0 spiro atoms. The molecule has 3 atom stereocenters. The van der Waals surface area contributed by atoms with Crippen molar-refractivity contribution in [3.05, 3.63) is 48.0 Å². The molecule has 0 aliphatic carbocycles. The van der Waals surface area contributed by atoms with Crippen LogP contribution in [0, 0.1) is 5.92 Å². The van der Waals surface area contributed by atoms with Gasteiger partial charge in [-0.1, -0.05) is 49.4 Å². The average Bonchev–Trinajstić information content (AvgIpc) is 2.43. The molecule has 0 radical (unpaired) electrons. The quantitative estimate of drug-likeness (QED) is 0.769. The number of rotatable bonds is 7. The van der Waals surface area contributed by atoms with E-state index >= 15 is 0 Å². The fraction of sp³-hybridized carbons (Fsp3) is 0.438. The molecule has 0 aliphatic heterocycles. The second kappa shape index (κ2) is 7.22. The first-order valence-electron chi connectivity index (χ1n) is 6.46. The van der Waals surface area contributed by atoms with Crippen molar-refractivity contribution in [1.29, 1.82) is 0 Å². The Kier molecular flexibility index (Phi) is 5.93. The summed E-state index contributed by atoms with van der Waals surface area (Å²) < 4.78 is 5.55. The molecule has 3 heteroatoms. The number of hydrogen-bond acceptors (Lipinski definition) is 3. The monoisotopic (exact) mass is 262 g/mol. The number of hydrogen-bond donors (Lipinski definition) is 1. The second-order valence-corrected chi connectivity index (χ2v) is 4.92. The van der Waals surface area contributed by atoms with E-state index in [2.05, 4.69) is 6.58 Å². The Balaban J connectivity index is 2.51. The summed E-state index contributed by atoms with van der Waals surface area (Å²) in [5.74, 6) is -0.602. The van der Waals surface area contributed by atoms with Crippen LogP contribution in [0.2, 0.25) is 0 Å². The van der Waals surface area contributed by atoms with Gasteiger partial charge < -0.3 is 9.84 Å². The van der Waals surface area contributed by atoms with Crippen LogP contribution in [0.25, 0.3) is 0 Å². The molecule has 1 aromatic rings. The van der Waals surface area contributed by atoms with E-state index in [-0.39, 0.29) is 5.78 Å². The van der Waals surface area contributed by atoms with Crippen molar-refractivity contribution in [2.75, 3.05) is 0 Å². The molecule has 0 aromatic heterocycles. The molecular formula is C16H22O3. The Labute approximate surface area is 114 Å². The number of ether oxygens (including phenoxy) is 1. The van der Waals surface area contributed by atoms with Crippen molar-refractivity contribution >= 4 is 5.78 Å². The standard InChI is InChI=1S/C16H22O3/c1-11(2)15(17)12(3)16(18)13(4)19-10-14-8-6-5-7-9-14/h5-9,12-13,15,17H,1,10H2,2-4H3/t12-,13+,15+/m1/s1. The van der Waals surface area contributed by atoms with Crippen molar-refractivity contribution < 1.29 is 14.6 Å². The summed E-state index contributed by atoms with van der Waals surface area (Å²) >= 11 is 0. The van der Waals surface area contributed by atoms with Crippen LogP contribution < -0.4 is 0 Å². The van der Waals surface area contributed by atoms with Gasteiger partial charge in [-0.05, 0) is 19.4 Å². The van der Waals surface area contributed by atoms with Crippen molar-refractivity contribution in [2.45, 2.75) is 39.6 Å². The number of carbonyl (C=O) groups excluding carboxylic acids is 1. The van der Waals surface area contributed by atoms with Crippen molar-refractivity contribution in [2.24, 2.45) is 5.92 Å². The zero-order valence-electron chi connectivity index (χ0n) is 11.8. The van der Waals surface area contributed by atoms with Crippen molar-refractivity contribution in [1.82, 2.24) is 0 Å². The topological polar surface area (TPSA) is 46.5 Å². The van der Waals surface area contributed by atoms with E-state index in [1.165, 1.54) is 0 Å². The lowest BCUT2D eigenvalue weighted by atomic mass is 9.93. The smallest absolute Gasteiger partial charge is 0.166 e. The van der Waals surface area contributed by atoms with E-state index in [0.29, 0.717) is 12.2 Å². The number of carbonyl (C=O) groups is 1. The van der Waals surface area contributed by atoms with Crippen LogP contribution in [0.1, 0.15) is 26.3 Å². The Bertz CT molecular complexity index is 425. The summed E-state index contributed by atoms with van der Waals surface area (Å²) in [6.07, 6.45) is -1.35. The predicted octanol–water partition coefficient (Wildman–Crippen LogP) is 2.73. The molecule has 0 saturated carbocycles. The first kappa shape index (κ1) is 15.6. The molecule has 19 heavy (non-hydrogen) atoms. The van der Waals surface area contributed by atoms with Crippen LogP contribution in [0.15, 0.2) is 42.5 Å². The zero-order valence-corrected chi connectivity index (χ0v) is 11.8. The molecule has 0 aliphatic rings. The highest BCUT2D eigenvalue weighted by atomic mass is 16.5. The molecular weight excluding hydrogens is 240 g/mol. The molecule has 1 aromatic carbocycles. The highest BCUT2D eigenvalue weighted by Gasteiger charge is 2.27. The van der Waals surface area contributed by atoms with E-state index in [1.54, 1.807) is 20.8 Å². The van der Waals surface area contributed by atoms with E-state index in [4.69, 9.17) is 4.74 Å². The molecule has 0 bridgehead atoms. The SMILES string of the molecule is C=C(C)[C@H](O)[C@@H](C)C(=O)[C@H](C)OCc1ccccc1. The van der Waals surface area contributed by atoms with Gasteiger partial charge in [0.1, 0.15) is 6.10 Å². The van der Waals surface area contributed by atoms with Gasteiger partial charge in [0.25, 0.3) is 0 Å². The van der Waals surface area contributed by atoms with Gasteiger partial charge >= 0.3 is 0 Å². The lowest BCUT2D eigenvalue weighted by Crippen LogP contribution is -2.34. The lowest BCUT2D eigenvalue weighted by Gasteiger charge is -2.21. The Hall–Kier alpha value is -1.45. The minimum absolute atomic E-state index is 0.105. The summed E-state index contributed by atoms with van der Waals surface area (Å²) in [5, 5.41) is 9.82. The van der Waals surface area contributed by atoms with E-state index < -0.39 is 18.1 Å². The minimum atomic E-state index is -0.810. The third kappa shape index (κ3) is 4.62. The van der Waals surface area contributed by atoms with Gasteiger partial charge in [-0.3, -0.25) is 4.79 Å². The Morgan fingerprint density at radius 3 is 2.42 bits per heavy atom. The third-order valence-corrected chi connectivity index (χ3v) is 3.17. The van der Waals surface area contributed by atoms with Gasteiger partial charge in [-0.25, -0.2) is 0 Å². The van der Waals surface area contributed by atoms with Gasteiger partial charge in [-0.15, -0.1) is 0 Å². The zero-order chi connectivity index (χ0) is 14.4. The van der Waals surface area contributed by atoms with Gasteiger partial charge in [0.05, 0.1) is 12.7 Å². The number of ketones is 1. The summed E-state index contributed by atoms with van der Waals surface area (Å²) in [6, 6.07) is 9.69. The van der Waals surface area contributed by atoms with Gasteiger partial charge in [0.15, 0.2) is 5.78 Å². The van der Waals surface area contributed by atoms with Crippen LogP contribution >= 0.6 is 0 Å². The van der Waals surface area contributed by atoms with E-state index in [0.717, 1.165) is 5.56 Å². The fourth-order valence-electron chi connectivity index (χ4n) is 1.83. The molecule has 0 fully saturated rings. The first-order valence-corrected chi connectivity index (χ1v) is 6.46. The Morgan fingerprint density at radius 1 is 1.32 bits per heavy atom. The molecule has 3 nitrogen and oxygen atoms in total. The number of aliphatic hydroxyl groups is 1. The third-order valence-electron chi connectivity index (χ3n) is 3.17. The molecule has 0 amide bonds. The normalized spacial score (nSPS) is 15.6. The molecule has 104 valence electrons. The average molecular weight is 262 g/mol. The minimum Gasteiger partial charge on any atom is -0.388 e. The molecule has 1 N–H and O–H groups in total. The van der Waals surface area contributed by atoms with E-state index in [1.807, 2.05) is 30.3 Å². The second-order valence-electron chi connectivity index (χ2n) is 4.92. The van der Waals surface area contributed by atoms with Crippen LogP contribution in [0.3, 0.4) is 0 Å². The predicted molar refractivity (Wildman–Crippen MR) is 75.7 cm³/mol. The summed E-state index contributed by atoms with van der Waals surface area (Å²) in [7, 11) is 0. The van der Waals surface area contributed by atoms with Crippen molar-refractivity contribution in [3.8, 4) is 0 Å². The summed E-state index contributed by atoms with van der Waals surface area (Å²) in [4.78, 5) is 12.1. The maximum Gasteiger partial charge on any atom is 0.166 e. The van der Waals surface area contributed by atoms with Gasteiger partial charge in [0.2, 0.25) is 0 Å². The summed E-state index contributed by atoms with van der Waals surface area (Å²) in [6.45, 7) is 9.19. The van der Waals surface area contributed by atoms with Gasteiger partial charge in [-0.2, -0.15) is 0 Å². The van der Waals surface area contributed by atoms with Crippen LogP contribution in [0.4, 0.5) is 0 Å². The molecule has 1 rings (SSSR count). The molecule has 0 heterocycles.